The van der Waals surface area contributed by atoms with Crippen LogP contribution in [0.1, 0.15) is 23.0 Å². The zero-order valence-electron chi connectivity index (χ0n) is 10.0. The molecule has 5 nitrogen and oxygen atoms in total. The number of carbonyl (C=O) groups excluding carboxylic acids is 1. The number of esters is 1. The molecule has 0 amide bonds. The molecule has 0 fully saturated rings. The molecule has 0 bridgehead atoms. The first-order valence-electron chi connectivity index (χ1n) is 5.48. The van der Waals surface area contributed by atoms with Crippen LogP contribution in [0.15, 0.2) is 22.7 Å². The Morgan fingerprint density at radius 2 is 2.22 bits per heavy atom. The Kier molecular flexibility index (Phi) is 3.76. The van der Waals surface area contributed by atoms with Gasteiger partial charge in [0, 0.05) is 10.0 Å². The molecule has 2 rings (SSSR count). The van der Waals surface area contributed by atoms with E-state index in [2.05, 4.69) is 31.3 Å². The van der Waals surface area contributed by atoms with E-state index in [-0.39, 0.29) is 5.69 Å². The average Bonchev–Trinajstić information content (AvgIpc) is 2.78. The van der Waals surface area contributed by atoms with Crippen molar-refractivity contribution in [2.75, 3.05) is 6.61 Å². The van der Waals surface area contributed by atoms with Crippen LogP contribution in [0.5, 0.6) is 0 Å². The summed E-state index contributed by atoms with van der Waals surface area (Å²) in [4.78, 5) is 11.7. The Labute approximate surface area is 113 Å². The first-order valence-corrected chi connectivity index (χ1v) is 6.27. The minimum Gasteiger partial charge on any atom is -0.461 e. The topological polar surface area (TPSA) is 67.9 Å². The zero-order chi connectivity index (χ0) is 13.1. The average molecular weight is 310 g/mol. The van der Waals surface area contributed by atoms with Crippen molar-refractivity contribution in [3.8, 4) is 11.3 Å². The maximum absolute atomic E-state index is 11.7. The summed E-state index contributed by atoms with van der Waals surface area (Å²) in [6, 6.07) is 5.79. The Balaban J connectivity index is 2.45. The SMILES string of the molecule is CCOC(=O)c1n[nH]nc1-c1ccc(C)cc1Br. The van der Waals surface area contributed by atoms with E-state index in [9.17, 15) is 4.79 Å². The minimum atomic E-state index is -0.478. The number of H-pyrrole nitrogens is 1. The van der Waals surface area contributed by atoms with Crippen molar-refractivity contribution in [1.29, 1.82) is 0 Å². The smallest absolute Gasteiger partial charge is 0.361 e. The molecule has 1 aromatic carbocycles. The number of nitrogens with zero attached hydrogens (tertiary/aromatic N) is 2. The van der Waals surface area contributed by atoms with Crippen LogP contribution in [0.3, 0.4) is 0 Å². The summed E-state index contributed by atoms with van der Waals surface area (Å²) in [5, 5.41) is 10.3. The molecule has 0 aliphatic carbocycles. The third kappa shape index (κ3) is 2.43. The molecule has 0 atom stereocenters. The second kappa shape index (κ2) is 5.30. The fourth-order valence-corrected chi connectivity index (χ4v) is 2.25. The molecule has 6 heteroatoms. The molecule has 0 unspecified atom stereocenters. The van der Waals surface area contributed by atoms with Gasteiger partial charge >= 0.3 is 5.97 Å². The molecule has 1 aromatic heterocycles. The summed E-state index contributed by atoms with van der Waals surface area (Å²) >= 11 is 3.46. The van der Waals surface area contributed by atoms with Gasteiger partial charge < -0.3 is 4.74 Å². The van der Waals surface area contributed by atoms with Crippen molar-refractivity contribution in [3.05, 3.63) is 33.9 Å². The highest BCUT2D eigenvalue weighted by molar-refractivity contribution is 9.10. The van der Waals surface area contributed by atoms with Crippen LogP contribution >= 0.6 is 15.9 Å². The van der Waals surface area contributed by atoms with Gasteiger partial charge in [0.05, 0.1) is 6.61 Å². The highest BCUT2D eigenvalue weighted by Crippen LogP contribution is 2.29. The van der Waals surface area contributed by atoms with E-state index in [0.29, 0.717) is 12.3 Å². The van der Waals surface area contributed by atoms with Crippen LogP contribution in [0.25, 0.3) is 11.3 Å². The highest BCUT2D eigenvalue weighted by atomic mass is 79.9. The van der Waals surface area contributed by atoms with Crippen molar-refractivity contribution in [1.82, 2.24) is 15.4 Å². The maximum Gasteiger partial charge on any atom is 0.361 e. The molecule has 1 N–H and O–H groups in total. The van der Waals surface area contributed by atoms with Crippen molar-refractivity contribution in [2.45, 2.75) is 13.8 Å². The van der Waals surface area contributed by atoms with Crippen molar-refractivity contribution < 1.29 is 9.53 Å². The van der Waals surface area contributed by atoms with Gasteiger partial charge in [-0.15, -0.1) is 5.10 Å². The number of ether oxygens (including phenoxy) is 1. The fourth-order valence-electron chi connectivity index (χ4n) is 1.57. The quantitative estimate of drug-likeness (QED) is 0.885. The van der Waals surface area contributed by atoms with E-state index in [1.54, 1.807) is 6.92 Å². The van der Waals surface area contributed by atoms with E-state index in [1.807, 2.05) is 25.1 Å². The molecule has 0 saturated carbocycles. The van der Waals surface area contributed by atoms with Gasteiger partial charge in [-0.05, 0) is 25.5 Å². The van der Waals surface area contributed by atoms with Gasteiger partial charge in [-0.3, -0.25) is 0 Å². The molecule has 2 aromatic rings. The number of aromatic nitrogens is 3. The third-order valence-corrected chi connectivity index (χ3v) is 3.05. The molecule has 0 spiro atoms. The number of aryl methyl sites for hydroxylation is 1. The van der Waals surface area contributed by atoms with Crippen molar-refractivity contribution in [2.24, 2.45) is 0 Å². The van der Waals surface area contributed by atoms with Gasteiger partial charge in [0.25, 0.3) is 0 Å². The number of benzene rings is 1. The van der Waals surface area contributed by atoms with E-state index < -0.39 is 5.97 Å². The number of aromatic amines is 1. The van der Waals surface area contributed by atoms with Gasteiger partial charge in [0.1, 0.15) is 5.69 Å². The van der Waals surface area contributed by atoms with Crippen LogP contribution < -0.4 is 0 Å². The standard InChI is InChI=1S/C12H12BrN3O2/c1-3-18-12(17)11-10(14-16-15-11)8-5-4-7(2)6-9(8)13/h4-6H,3H2,1-2H3,(H,14,15,16). The maximum atomic E-state index is 11.7. The summed E-state index contributed by atoms with van der Waals surface area (Å²) in [6.07, 6.45) is 0. The van der Waals surface area contributed by atoms with Gasteiger partial charge in [-0.25, -0.2) is 4.79 Å². The van der Waals surface area contributed by atoms with Gasteiger partial charge in [-0.1, -0.05) is 28.1 Å². The van der Waals surface area contributed by atoms with Crippen LogP contribution in [0.2, 0.25) is 0 Å². The van der Waals surface area contributed by atoms with Gasteiger partial charge in [0.2, 0.25) is 0 Å². The normalized spacial score (nSPS) is 10.4. The first kappa shape index (κ1) is 12.8. The van der Waals surface area contributed by atoms with Crippen molar-refractivity contribution in [3.63, 3.8) is 0 Å². The molecule has 0 saturated heterocycles. The van der Waals surface area contributed by atoms with Crippen LogP contribution in [-0.4, -0.2) is 28.0 Å². The monoisotopic (exact) mass is 309 g/mol. The third-order valence-electron chi connectivity index (χ3n) is 2.40. The lowest BCUT2D eigenvalue weighted by Crippen LogP contribution is -2.06. The summed E-state index contributed by atoms with van der Waals surface area (Å²) in [5.41, 5.74) is 2.60. The number of nitrogens with one attached hydrogen (secondary N) is 1. The van der Waals surface area contributed by atoms with Crippen LogP contribution in [-0.2, 0) is 4.74 Å². The van der Waals surface area contributed by atoms with Crippen molar-refractivity contribution >= 4 is 21.9 Å². The largest absolute Gasteiger partial charge is 0.461 e. The van der Waals surface area contributed by atoms with E-state index in [0.717, 1.165) is 15.6 Å². The van der Waals surface area contributed by atoms with E-state index in [4.69, 9.17) is 4.74 Å². The summed E-state index contributed by atoms with van der Waals surface area (Å²) in [7, 11) is 0. The van der Waals surface area contributed by atoms with Gasteiger partial charge in [-0.2, -0.15) is 10.3 Å². The Morgan fingerprint density at radius 1 is 1.44 bits per heavy atom. The summed E-state index contributed by atoms with van der Waals surface area (Å²) in [5.74, 6) is -0.478. The lowest BCUT2D eigenvalue weighted by atomic mass is 10.1. The Morgan fingerprint density at radius 3 is 2.89 bits per heavy atom. The van der Waals surface area contributed by atoms with E-state index in [1.165, 1.54) is 0 Å². The molecule has 0 radical (unpaired) electrons. The fraction of sp³-hybridized carbons (Fsp3) is 0.250. The van der Waals surface area contributed by atoms with Crippen LogP contribution in [0, 0.1) is 6.92 Å². The van der Waals surface area contributed by atoms with Gasteiger partial charge in [0.15, 0.2) is 5.69 Å². The first-order chi connectivity index (χ1) is 8.63. The minimum absolute atomic E-state index is 0.196. The lowest BCUT2D eigenvalue weighted by Gasteiger charge is -2.04. The number of hydrogen-bond donors (Lipinski definition) is 1. The second-order valence-corrected chi connectivity index (χ2v) is 4.58. The lowest BCUT2D eigenvalue weighted by molar-refractivity contribution is 0.0520. The zero-order valence-corrected chi connectivity index (χ0v) is 11.6. The molecule has 18 heavy (non-hydrogen) atoms. The molecular formula is C12H12BrN3O2. The molecule has 0 aliphatic rings. The molecular weight excluding hydrogens is 298 g/mol. The van der Waals surface area contributed by atoms with Crippen LogP contribution in [0.4, 0.5) is 0 Å². The van der Waals surface area contributed by atoms with E-state index >= 15 is 0 Å². The summed E-state index contributed by atoms with van der Waals surface area (Å²) < 4.78 is 5.80. The number of rotatable bonds is 3. The Bertz CT molecular complexity index is 580. The Hall–Kier alpha value is -1.69. The highest BCUT2D eigenvalue weighted by Gasteiger charge is 2.20. The number of carbonyl (C=O) groups is 1. The number of halogens is 1. The second-order valence-electron chi connectivity index (χ2n) is 3.72. The predicted octanol–water partition coefficient (Wildman–Crippen LogP) is 2.72. The molecule has 1 heterocycles. The predicted molar refractivity (Wildman–Crippen MR) is 70.2 cm³/mol. The number of hydrogen-bond acceptors (Lipinski definition) is 4. The molecule has 0 aliphatic heterocycles. The summed E-state index contributed by atoms with van der Waals surface area (Å²) in [6.45, 7) is 4.04. The molecule has 94 valence electrons.